The fourth-order valence-corrected chi connectivity index (χ4v) is 2.16. The molecule has 0 heterocycles. The lowest BCUT2D eigenvalue weighted by atomic mass is 10.0. The molecule has 2 rings (SSSR count). The Morgan fingerprint density at radius 3 is 2.17 bits per heavy atom. The van der Waals surface area contributed by atoms with Crippen molar-refractivity contribution in [3.63, 3.8) is 0 Å². The molecule has 0 radical (unpaired) electrons. The number of rotatable bonds is 2. The van der Waals surface area contributed by atoms with Crippen LogP contribution in [0.5, 0.6) is 0 Å². The molecule has 0 bridgehead atoms. The van der Waals surface area contributed by atoms with Crippen molar-refractivity contribution in [3.8, 4) is 0 Å². The smallest absolute Gasteiger partial charge is 0.134 e. The molecular formula is C15H13ClF2. The van der Waals surface area contributed by atoms with E-state index >= 15 is 0 Å². The summed E-state index contributed by atoms with van der Waals surface area (Å²) < 4.78 is 27.7. The third kappa shape index (κ3) is 2.39. The van der Waals surface area contributed by atoms with Gasteiger partial charge in [0.15, 0.2) is 0 Å². The van der Waals surface area contributed by atoms with Crippen molar-refractivity contribution in [2.45, 2.75) is 19.2 Å². The summed E-state index contributed by atoms with van der Waals surface area (Å²) in [5, 5.41) is -0.814. The Kier molecular flexibility index (Phi) is 3.67. The summed E-state index contributed by atoms with van der Waals surface area (Å²) in [4.78, 5) is 0. The first-order chi connectivity index (χ1) is 8.50. The molecule has 0 saturated carbocycles. The zero-order valence-corrected chi connectivity index (χ0v) is 10.9. The van der Waals surface area contributed by atoms with Crippen LogP contribution < -0.4 is 0 Å². The Hall–Kier alpha value is -1.41. The molecule has 0 saturated heterocycles. The van der Waals surface area contributed by atoms with Gasteiger partial charge in [0, 0.05) is 5.56 Å². The Bertz CT molecular complexity index is 561. The summed E-state index contributed by atoms with van der Waals surface area (Å²) in [6.07, 6.45) is 0. The molecule has 0 aliphatic carbocycles. The lowest BCUT2D eigenvalue weighted by Gasteiger charge is -2.14. The van der Waals surface area contributed by atoms with E-state index in [9.17, 15) is 8.78 Å². The second-order valence-electron chi connectivity index (χ2n) is 4.37. The standard InChI is InChI=1S/C15H13ClF2/c1-9-3-6-11(7-4-9)14(16)13-12(17)8-5-10(2)15(13)18/h3-8,14H,1-2H3. The highest BCUT2D eigenvalue weighted by Gasteiger charge is 2.21. The van der Waals surface area contributed by atoms with Gasteiger partial charge in [-0.3, -0.25) is 0 Å². The molecular weight excluding hydrogens is 254 g/mol. The SMILES string of the molecule is Cc1ccc(C(Cl)c2c(F)ccc(C)c2F)cc1. The maximum absolute atomic E-state index is 14.0. The van der Waals surface area contributed by atoms with Crippen molar-refractivity contribution in [1.29, 1.82) is 0 Å². The predicted octanol–water partition coefficient (Wildman–Crippen LogP) is 4.91. The van der Waals surface area contributed by atoms with Gasteiger partial charge in [-0.2, -0.15) is 0 Å². The molecule has 0 aliphatic heterocycles. The van der Waals surface area contributed by atoms with Crippen LogP contribution in [0.1, 0.15) is 27.6 Å². The quantitative estimate of drug-likeness (QED) is 0.678. The van der Waals surface area contributed by atoms with Gasteiger partial charge in [0.05, 0.1) is 5.38 Å². The van der Waals surface area contributed by atoms with E-state index in [0.717, 1.165) is 5.56 Å². The van der Waals surface area contributed by atoms with Gasteiger partial charge in [-0.15, -0.1) is 11.6 Å². The summed E-state index contributed by atoms with van der Waals surface area (Å²) in [6.45, 7) is 3.54. The second-order valence-corrected chi connectivity index (χ2v) is 4.80. The molecule has 1 unspecified atom stereocenters. The normalized spacial score (nSPS) is 12.5. The van der Waals surface area contributed by atoms with Gasteiger partial charge >= 0.3 is 0 Å². The summed E-state index contributed by atoms with van der Waals surface area (Å²) in [5.41, 5.74) is 2.07. The van der Waals surface area contributed by atoms with Crippen LogP contribution in [0.2, 0.25) is 0 Å². The van der Waals surface area contributed by atoms with Gasteiger partial charge in [-0.25, -0.2) is 8.78 Å². The highest BCUT2D eigenvalue weighted by atomic mass is 35.5. The third-order valence-electron chi connectivity index (χ3n) is 2.94. The zero-order valence-electron chi connectivity index (χ0n) is 10.2. The maximum atomic E-state index is 14.0. The number of aryl methyl sites for hydroxylation is 2. The average molecular weight is 267 g/mol. The van der Waals surface area contributed by atoms with Crippen LogP contribution in [-0.4, -0.2) is 0 Å². The van der Waals surface area contributed by atoms with E-state index in [1.807, 2.05) is 19.1 Å². The van der Waals surface area contributed by atoms with Crippen LogP contribution in [0, 0.1) is 25.5 Å². The minimum absolute atomic E-state index is 0.0829. The van der Waals surface area contributed by atoms with E-state index in [1.165, 1.54) is 12.1 Å². The van der Waals surface area contributed by atoms with E-state index in [1.54, 1.807) is 19.1 Å². The van der Waals surface area contributed by atoms with Crippen molar-refractivity contribution in [2.75, 3.05) is 0 Å². The van der Waals surface area contributed by atoms with Crippen molar-refractivity contribution in [2.24, 2.45) is 0 Å². The van der Waals surface area contributed by atoms with Crippen molar-refractivity contribution in [1.82, 2.24) is 0 Å². The van der Waals surface area contributed by atoms with Gasteiger partial charge in [0.1, 0.15) is 11.6 Å². The lowest BCUT2D eigenvalue weighted by molar-refractivity contribution is 0.553. The molecule has 94 valence electrons. The summed E-state index contributed by atoms with van der Waals surface area (Å²) in [6, 6.07) is 9.97. The number of alkyl halides is 1. The lowest BCUT2D eigenvalue weighted by Crippen LogP contribution is -2.02. The molecule has 3 heteroatoms. The largest absolute Gasteiger partial charge is 0.207 e. The molecule has 2 aromatic rings. The molecule has 0 amide bonds. The van der Waals surface area contributed by atoms with E-state index in [-0.39, 0.29) is 5.56 Å². The third-order valence-corrected chi connectivity index (χ3v) is 3.41. The Balaban J connectivity index is 2.49. The Morgan fingerprint density at radius 2 is 1.56 bits per heavy atom. The summed E-state index contributed by atoms with van der Waals surface area (Å²) in [5.74, 6) is -1.19. The first kappa shape index (κ1) is 13.0. The van der Waals surface area contributed by atoms with E-state index in [0.29, 0.717) is 11.1 Å². The number of hydrogen-bond donors (Lipinski definition) is 0. The van der Waals surface area contributed by atoms with E-state index in [2.05, 4.69) is 0 Å². The predicted molar refractivity (Wildman–Crippen MR) is 70.0 cm³/mol. The topological polar surface area (TPSA) is 0 Å². The van der Waals surface area contributed by atoms with Gasteiger partial charge in [0.25, 0.3) is 0 Å². The Labute approximate surface area is 110 Å². The molecule has 0 spiro atoms. The molecule has 1 atom stereocenters. The average Bonchev–Trinajstić information content (AvgIpc) is 2.35. The van der Waals surface area contributed by atoms with Crippen LogP contribution >= 0.6 is 11.6 Å². The van der Waals surface area contributed by atoms with Crippen LogP contribution in [-0.2, 0) is 0 Å². The maximum Gasteiger partial charge on any atom is 0.134 e. The second kappa shape index (κ2) is 5.07. The number of halogens is 3. The highest BCUT2D eigenvalue weighted by Crippen LogP contribution is 2.33. The molecule has 0 N–H and O–H groups in total. The molecule has 18 heavy (non-hydrogen) atoms. The summed E-state index contributed by atoms with van der Waals surface area (Å²) >= 11 is 6.19. The first-order valence-corrected chi connectivity index (χ1v) is 6.09. The highest BCUT2D eigenvalue weighted by molar-refractivity contribution is 6.22. The van der Waals surface area contributed by atoms with Crippen LogP contribution in [0.4, 0.5) is 8.78 Å². The molecule has 0 fully saturated rings. The van der Waals surface area contributed by atoms with Crippen molar-refractivity contribution in [3.05, 3.63) is 70.3 Å². The van der Waals surface area contributed by atoms with Crippen LogP contribution in [0.15, 0.2) is 36.4 Å². The van der Waals surface area contributed by atoms with Crippen LogP contribution in [0.3, 0.4) is 0 Å². The molecule has 2 aromatic carbocycles. The van der Waals surface area contributed by atoms with Gasteiger partial charge < -0.3 is 0 Å². The van der Waals surface area contributed by atoms with E-state index in [4.69, 9.17) is 11.6 Å². The Morgan fingerprint density at radius 1 is 0.944 bits per heavy atom. The minimum atomic E-state index is -0.814. The number of hydrogen-bond acceptors (Lipinski definition) is 0. The minimum Gasteiger partial charge on any atom is -0.207 e. The fourth-order valence-electron chi connectivity index (χ4n) is 1.81. The van der Waals surface area contributed by atoms with E-state index < -0.39 is 17.0 Å². The molecule has 0 aliphatic rings. The summed E-state index contributed by atoms with van der Waals surface area (Å²) in [7, 11) is 0. The number of benzene rings is 2. The van der Waals surface area contributed by atoms with Crippen LogP contribution in [0.25, 0.3) is 0 Å². The van der Waals surface area contributed by atoms with Gasteiger partial charge in [0.2, 0.25) is 0 Å². The van der Waals surface area contributed by atoms with Crippen molar-refractivity contribution < 1.29 is 8.78 Å². The zero-order chi connectivity index (χ0) is 13.3. The van der Waals surface area contributed by atoms with Gasteiger partial charge in [-0.1, -0.05) is 35.9 Å². The fraction of sp³-hybridized carbons (Fsp3) is 0.200. The van der Waals surface area contributed by atoms with Crippen molar-refractivity contribution >= 4 is 11.6 Å². The monoisotopic (exact) mass is 266 g/mol. The van der Waals surface area contributed by atoms with Gasteiger partial charge in [-0.05, 0) is 31.0 Å². The first-order valence-electron chi connectivity index (χ1n) is 5.66. The molecule has 0 nitrogen and oxygen atoms in total. The molecule has 0 aromatic heterocycles.